The number of hydrogen-bond donors (Lipinski definition) is 1. The molecule has 1 aliphatic heterocycles. The lowest BCUT2D eigenvalue weighted by Crippen LogP contribution is -2.34. The summed E-state index contributed by atoms with van der Waals surface area (Å²) >= 11 is 6.04. The molecule has 1 aliphatic rings. The van der Waals surface area contributed by atoms with Crippen LogP contribution >= 0.6 is 11.6 Å². The maximum absolute atomic E-state index is 13.6. The molecule has 0 spiro atoms. The second kappa shape index (κ2) is 11.3. The summed E-state index contributed by atoms with van der Waals surface area (Å²) in [4.78, 5) is 37.1. The first-order valence-electron chi connectivity index (χ1n) is 13.2. The van der Waals surface area contributed by atoms with Gasteiger partial charge in [-0.1, -0.05) is 29.5 Å². The van der Waals surface area contributed by atoms with Gasteiger partial charge in [0.25, 0.3) is 11.5 Å². The van der Waals surface area contributed by atoms with Crippen molar-refractivity contribution in [2.45, 2.75) is 19.0 Å². The van der Waals surface area contributed by atoms with Crippen LogP contribution in [0.25, 0.3) is 21.9 Å². The third kappa shape index (κ3) is 5.46. The molecule has 0 aliphatic carbocycles. The van der Waals surface area contributed by atoms with E-state index in [-0.39, 0.29) is 29.4 Å². The third-order valence-corrected chi connectivity index (χ3v) is 7.42. The van der Waals surface area contributed by atoms with Crippen molar-refractivity contribution >= 4 is 39.4 Å². The lowest BCUT2D eigenvalue weighted by molar-refractivity contribution is 0.0956. The minimum absolute atomic E-state index is 0.0335. The molecule has 6 rings (SSSR count). The summed E-state index contributed by atoms with van der Waals surface area (Å²) in [5.41, 5.74) is 2.72. The standard InChI is InChI=1S/C30H24ClF2N7O2/c1-38-10-8-20(16-38)39-17-36-26-14-35-25-7-5-18(11-21(25)28(26)39)3-2-9-34-29(41)22-13-27(31)37-40(30(22)42)15-19-4-6-23(32)24(33)12-19/h4-7,11-14,17,20H,8-10,15-16H2,1H3,(H,34,41). The van der Waals surface area contributed by atoms with Gasteiger partial charge in [0.2, 0.25) is 0 Å². The summed E-state index contributed by atoms with van der Waals surface area (Å²) < 4.78 is 30.0. The number of benzene rings is 2. The van der Waals surface area contributed by atoms with E-state index in [0.29, 0.717) is 6.04 Å². The summed E-state index contributed by atoms with van der Waals surface area (Å²) in [5, 5.41) is 7.36. The van der Waals surface area contributed by atoms with Crippen LogP contribution < -0.4 is 10.9 Å². The van der Waals surface area contributed by atoms with E-state index in [1.165, 1.54) is 6.07 Å². The zero-order valence-electron chi connectivity index (χ0n) is 22.4. The predicted octanol–water partition coefficient (Wildman–Crippen LogP) is 3.78. The average molecular weight is 588 g/mol. The fourth-order valence-electron chi connectivity index (χ4n) is 5.17. The topological polar surface area (TPSA) is 97.9 Å². The molecule has 4 heterocycles. The SMILES string of the molecule is CN1CCC(n2cnc3cnc4ccc(C#CCNC(=O)c5cc(Cl)nn(Cc6ccc(F)c(F)c6)c5=O)cc4c32)C1. The first-order valence-corrected chi connectivity index (χ1v) is 13.6. The predicted molar refractivity (Wildman–Crippen MR) is 154 cm³/mol. The molecule has 5 aromatic rings. The minimum Gasteiger partial charge on any atom is -0.341 e. The van der Waals surface area contributed by atoms with E-state index in [2.05, 4.69) is 48.7 Å². The Morgan fingerprint density at radius 1 is 1.12 bits per heavy atom. The van der Waals surface area contributed by atoms with Crippen molar-refractivity contribution in [1.82, 2.24) is 34.5 Å². The highest BCUT2D eigenvalue weighted by Crippen LogP contribution is 2.29. The molecule has 1 N–H and O–H groups in total. The van der Waals surface area contributed by atoms with Gasteiger partial charge in [-0.25, -0.2) is 18.4 Å². The molecule has 2 aromatic carbocycles. The molecule has 3 aromatic heterocycles. The Bertz CT molecular complexity index is 1980. The Labute approximate surface area is 243 Å². The molecule has 212 valence electrons. The van der Waals surface area contributed by atoms with Gasteiger partial charge in [0.1, 0.15) is 11.1 Å². The van der Waals surface area contributed by atoms with Crippen LogP contribution in [0.15, 0.2) is 59.8 Å². The Kier molecular flexibility index (Phi) is 7.41. The molecule has 12 heteroatoms. The van der Waals surface area contributed by atoms with Crippen molar-refractivity contribution in [2.24, 2.45) is 0 Å². The number of rotatable bonds is 5. The number of halogens is 3. The van der Waals surface area contributed by atoms with Crippen molar-refractivity contribution in [3.63, 3.8) is 0 Å². The second-order valence-corrected chi connectivity index (χ2v) is 10.5. The minimum atomic E-state index is -1.06. The lowest BCUT2D eigenvalue weighted by atomic mass is 10.1. The van der Waals surface area contributed by atoms with Crippen molar-refractivity contribution in [3.8, 4) is 11.8 Å². The van der Waals surface area contributed by atoms with E-state index in [4.69, 9.17) is 11.6 Å². The first kappa shape index (κ1) is 27.5. The van der Waals surface area contributed by atoms with Crippen LogP contribution in [0.3, 0.4) is 0 Å². The van der Waals surface area contributed by atoms with Gasteiger partial charge in [-0.3, -0.25) is 14.6 Å². The van der Waals surface area contributed by atoms with Gasteiger partial charge in [-0.2, -0.15) is 5.10 Å². The maximum Gasteiger partial charge on any atom is 0.280 e. The molecule has 0 bridgehead atoms. The maximum atomic E-state index is 13.6. The normalized spacial score (nSPS) is 15.2. The number of carbonyl (C=O) groups excluding carboxylic acids is 1. The van der Waals surface area contributed by atoms with Gasteiger partial charge < -0.3 is 14.8 Å². The number of likely N-dealkylation sites (tertiary alicyclic amines) is 1. The van der Waals surface area contributed by atoms with E-state index in [0.717, 1.165) is 69.9 Å². The number of nitrogens with one attached hydrogen (secondary N) is 1. The number of pyridine rings is 1. The number of likely N-dealkylation sites (N-methyl/N-ethyl adjacent to an activating group) is 1. The van der Waals surface area contributed by atoms with E-state index < -0.39 is 23.1 Å². The van der Waals surface area contributed by atoms with E-state index in [1.54, 1.807) is 6.20 Å². The van der Waals surface area contributed by atoms with Crippen molar-refractivity contribution in [3.05, 3.63) is 98.8 Å². The summed E-state index contributed by atoms with van der Waals surface area (Å²) in [7, 11) is 2.11. The quantitative estimate of drug-likeness (QED) is 0.314. The largest absolute Gasteiger partial charge is 0.341 e. The smallest absolute Gasteiger partial charge is 0.280 e. The van der Waals surface area contributed by atoms with Crippen LogP contribution in [0.2, 0.25) is 5.15 Å². The van der Waals surface area contributed by atoms with Crippen molar-refractivity contribution in [1.29, 1.82) is 0 Å². The number of carbonyl (C=O) groups is 1. The summed E-state index contributed by atoms with van der Waals surface area (Å²) in [6, 6.07) is 10.4. The number of aromatic nitrogens is 5. The van der Waals surface area contributed by atoms with E-state index >= 15 is 0 Å². The molecule has 1 atom stereocenters. The van der Waals surface area contributed by atoms with E-state index in [9.17, 15) is 18.4 Å². The van der Waals surface area contributed by atoms with E-state index in [1.807, 2.05) is 24.5 Å². The molecule has 0 radical (unpaired) electrons. The van der Waals surface area contributed by atoms with Crippen LogP contribution in [0.1, 0.15) is 33.9 Å². The number of amides is 1. The number of fused-ring (bicyclic) bond motifs is 3. The molecule has 1 saturated heterocycles. The molecule has 9 nitrogen and oxygen atoms in total. The monoisotopic (exact) mass is 587 g/mol. The Hall–Kier alpha value is -4.66. The van der Waals surface area contributed by atoms with Crippen LogP contribution in [0.4, 0.5) is 8.78 Å². The van der Waals surface area contributed by atoms with Gasteiger partial charge in [0.15, 0.2) is 16.8 Å². The summed E-state index contributed by atoms with van der Waals surface area (Å²) in [6.45, 7) is 1.75. The van der Waals surface area contributed by atoms with Gasteiger partial charge in [0.05, 0.1) is 36.6 Å². The highest BCUT2D eigenvalue weighted by atomic mass is 35.5. The molecule has 1 fully saturated rings. The fourth-order valence-corrected chi connectivity index (χ4v) is 5.37. The van der Waals surface area contributed by atoms with Gasteiger partial charge >= 0.3 is 0 Å². The molecule has 1 amide bonds. The Morgan fingerprint density at radius 3 is 2.76 bits per heavy atom. The number of imidazole rings is 1. The van der Waals surface area contributed by atoms with Crippen molar-refractivity contribution in [2.75, 3.05) is 26.7 Å². The lowest BCUT2D eigenvalue weighted by Gasteiger charge is -2.14. The van der Waals surface area contributed by atoms with Crippen LogP contribution in [-0.4, -0.2) is 61.8 Å². The molecule has 1 unspecified atom stereocenters. The van der Waals surface area contributed by atoms with Gasteiger partial charge in [-0.15, -0.1) is 0 Å². The third-order valence-electron chi connectivity index (χ3n) is 7.24. The zero-order valence-corrected chi connectivity index (χ0v) is 23.2. The fraction of sp³-hybridized carbons (Fsp3) is 0.233. The Balaban J connectivity index is 1.19. The first-order chi connectivity index (χ1) is 20.3. The van der Waals surface area contributed by atoms with Crippen LogP contribution in [-0.2, 0) is 6.54 Å². The molecular weight excluding hydrogens is 564 g/mol. The van der Waals surface area contributed by atoms with Crippen LogP contribution in [0.5, 0.6) is 0 Å². The highest BCUT2D eigenvalue weighted by molar-refractivity contribution is 6.29. The summed E-state index contributed by atoms with van der Waals surface area (Å²) in [6.07, 6.45) is 4.70. The number of hydrogen-bond acceptors (Lipinski definition) is 6. The van der Waals surface area contributed by atoms with Crippen LogP contribution in [0, 0.1) is 23.5 Å². The number of nitrogens with zero attached hydrogens (tertiary/aromatic N) is 6. The zero-order chi connectivity index (χ0) is 29.4. The van der Waals surface area contributed by atoms with Gasteiger partial charge in [0, 0.05) is 23.5 Å². The molecular formula is C30H24ClF2N7O2. The molecule has 42 heavy (non-hydrogen) atoms. The average Bonchev–Trinajstić information content (AvgIpc) is 3.61. The second-order valence-electron chi connectivity index (χ2n) is 10.2. The summed E-state index contributed by atoms with van der Waals surface area (Å²) in [5.74, 6) is 3.22. The van der Waals surface area contributed by atoms with Crippen molar-refractivity contribution < 1.29 is 13.6 Å². The highest BCUT2D eigenvalue weighted by Gasteiger charge is 2.23. The molecule has 0 saturated carbocycles. The van der Waals surface area contributed by atoms with Gasteiger partial charge in [-0.05, 0) is 62.0 Å². The Morgan fingerprint density at radius 2 is 1.98 bits per heavy atom.